The van der Waals surface area contributed by atoms with E-state index in [1.165, 1.54) is 25.1 Å². The standard InChI is InChI=1S/C12H13FN2O2/c1-7(16)14-9-4-5-10(13)11(6-9)15-12(17)8-2-3-8/h4-6,8H,2-3H2,1H3,(H,14,16)(H,15,17). The fraction of sp³-hybridized carbons (Fsp3) is 0.333. The van der Waals surface area contributed by atoms with Crippen molar-refractivity contribution in [2.75, 3.05) is 10.6 Å². The van der Waals surface area contributed by atoms with E-state index in [0.29, 0.717) is 5.69 Å². The van der Waals surface area contributed by atoms with E-state index in [1.54, 1.807) is 0 Å². The van der Waals surface area contributed by atoms with Crippen molar-refractivity contribution in [1.29, 1.82) is 0 Å². The third-order valence-electron chi connectivity index (χ3n) is 2.49. The van der Waals surface area contributed by atoms with Gasteiger partial charge in [0, 0.05) is 18.5 Å². The van der Waals surface area contributed by atoms with E-state index >= 15 is 0 Å². The van der Waals surface area contributed by atoms with E-state index < -0.39 is 5.82 Å². The van der Waals surface area contributed by atoms with Crippen LogP contribution in [0.25, 0.3) is 0 Å². The SMILES string of the molecule is CC(=O)Nc1ccc(F)c(NC(=O)C2CC2)c1. The average molecular weight is 236 g/mol. The monoisotopic (exact) mass is 236 g/mol. The Morgan fingerprint density at radius 2 is 2.00 bits per heavy atom. The minimum Gasteiger partial charge on any atom is -0.326 e. The van der Waals surface area contributed by atoms with E-state index in [1.807, 2.05) is 0 Å². The summed E-state index contributed by atoms with van der Waals surface area (Å²) in [6, 6.07) is 4.08. The van der Waals surface area contributed by atoms with Crippen LogP contribution in [0.4, 0.5) is 15.8 Å². The van der Waals surface area contributed by atoms with Crippen LogP contribution >= 0.6 is 0 Å². The molecule has 1 aromatic carbocycles. The highest BCUT2D eigenvalue weighted by Gasteiger charge is 2.30. The molecule has 0 aliphatic heterocycles. The number of amides is 2. The van der Waals surface area contributed by atoms with E-state index in [2.05, 4.69) is 10.6 Å². The van der Waals surface area contributed by atoms with E-state index in [0.717, 1.165) is 12.8 Å². The van der Waals surface area contributed by atoms with Crippen LogP contribution in [0.1, 0.15) is 19.8 Å². The van der Waals surface area contributed by atoms with Crippen molar-refractivity contribution in [3.8, 4) is 0 Å². The Labute approximate surface area is 98.2 Å². The summed E-state index contributed by atoms with van der Waals surface area (Å²) < 4.78 is 13.4. The normalized spacial score (nSPS) is 14.2. The maximum absolute atomic E-state index is 13.4. The Bertz CT molecular complexity index is 470. The van der Waals surface area contributed by atoms with Crippen molar-refractivity contribution in [3.63, 3.8) is 0 Å². The Morgan fingerprint density at radius 3 is 2.59 bits per heavy atom. The molecule has 1 fully saturated rings. The highest BCUT2D eigenvalue weighted by molar-refractivity contribution is 5.95. The van der Waals surface area contributed by atoms with Gasteiger partial charge in [0.1, 0.15) is 5.82 Å². The molecule has 17 heavy (non-hydrogen) atoms. The van der Waals surface area contributed by atoms with Gasteiger partial charge in [-0.1, -0.05) is 0 Å². The number of hydrogen-bond acceptors (Lipinski definition) is 2. The van der Waals surface area contributed by atoms with Gasteiger partial charge in [-0.05, 0) is 31.0 Å². The molecule has 2 N–H and O–H groups in total. The molecule has 1 saturated carbocycles. The predicted octanol–water partition coefficient (Wildman–Crippen LogP) is 2.13. The Morgan fingerprint density at radius 1 is 1.29 bits per heavy atom. The Hall–Kier alpha value is -1.91. The van der Waals surface area contributed by atoms with Gasteiger partial charge < -0.3 is 10.6 Å². The zero-order valence-corrected chi connectivity index (χ0v) is 9.42. The van der Waals surface area contributed by atoms with Gasteiger partial charge in [0.05, 0.1) is 5.69 Å². The molecule has 90 valence electrons. The van der Waals surface area contributed by atoms with Crippen LogP contribution in [0.2, 0.25) is 0 Å². The molecule has 0 aromatic heterocycles. The molecule has 2 amide bonds. The molecule has 0 unspecified atom stereocenters. The third-order valence-corrected chi connectivity index (χ3v) is 2.49. The molecule has 1 aliphatic carbocycles. The first-order valence-electron chi connectivity index (χ1n) is 5.44. The summed E-state index contributed by atoms with van der Waals surface area (Å²) in [5.74, 6) is -0.896. The minimum absolute atomic E-state index is 0.0128. The van der Waals surface area contributed by atoms with E-state index in [9.17, 15) is 14.0 Å². The summed E-state index contributed by atoms with van der Waals surface area (Å²) in [5.41, 5.74) is 0.568. The molecule has 0 spiro atoms. The first-order valence-corrected chi connectivity index (χ1v) is 5.44. The van der Waals surface area contributed by atoms with Crippen molar-refractivity contribution in [2.45, 2.75) is 19.8 Å². The highest BCUT2D eigenvalue weighted by atomic mass is 19.1. The van der Waals surface area contributed by atoms with Crippen LogP contribution in [0.5, 0.6) is 0 Å². The topological polar surface area (TPSA) is 58.2 Å². The van der Waals surface area contributed by atoms with Crippen molar-refractivity contribution in [1.82, 2.24) is 0 Å². The smallest absolute Gasteiger partial charge is 0.227 e. The second-order valence-electron chi connectivity index (χ2n) is 4.14. The molecule has 0 bridgehead atoms. The van der Waals surface area contributed by atoms with Gasteiger partial charge in [-0.2, -0.15) is 0 Å². The van der Waals surface area contributed by atoms with Crippen LogP contribution in [-0.4, -0.2) is 11.8 Å². The molecule has 0 heterocycles. The molecule has 4 nitrogen and oxygen atoms in total. The number of halogens is 1. The van der Waals surface area contributed by atoms with Crippen molar-refractivity contribution in [3.05, 3.63) is 24.0 Å². The second kappa shape index (κ2) is 4.53. The van der Waals surface area contributed by atoms with Gasteiger partial charge in [-0.25, -0.2) is 4.39 Å². The minimum atomic E-state index is -0.506. The van der Waals surface area contributed by atoms with Crippen molar-refractivity contribution in [2.24, 2.45) is 5.92 Å². The fourth-order valence-corrected chi connectivity index (χ4v) is 1.48. The van der Waals surface area contributed by atoms with Crippen LogP contribution < -0.4 is 10.6 Å². The van der Waals surface area contributed by atoms with Crippen LogP contribution in [0.3, 0.4) is 0 Å². The van der Waals surface area contributed by atoms with Gasteiger partial charge in [-0.15, -0.1) is 0 Å². The predicted molar refractivity (Wildman–Crippen MR) is 62.1 cm³/mol. The highest BCUT2D eigenvalue weighted by Crippen LogP contribution is 2.31. The molecule has 1 aliphatic rings. The number of benzene rings is 1. The lowest BCUT2D eigenvalue weighted by Crippen LogP contribution is -2.15. The quantitative estimate of drug-likeness (QED) is 0.844. The molecule has 5 heteroatoms. The lowest BCUT2D eigenvalue weighted by molar-refractivity contribution is -0.117. The first kappa shape index (κ1) is 11.6. The number of carbonyl (C=O) groups is 2. The average Bonchev–Trinajstić information content (AvgIpc) is 3.05. The van der Waals surface area contributed by atoms with Gasteiger partial charge >= 0.3 is 0 Å². The van der Waals surface area contributed by atoms with Gasteiger partial charge in [0.25, 0.3) is 0 Å². The Kier molecular flexibility index (Phi) is 3.08. The third kappa shape index (κ3) is 3.03. The zero-order valence-electron chi connectivity index (χ0n) is 9.42. The first-order chi connectivity index (χ1) is 8.06. The fourth-order valence-electron chi connectivity index (χ4n) is 1.48. The summed E-state index contributed by atoms with van der Waals surface area (Å²) in [6.07, 6.45) is 1.72. The van der Waals surface area contributed by atoms with Crippen molar-refractivity contribution >= 4 is 23.2 Å². The number of nitrogens with one attached hydrogen (secondary N) is 2. The summed E-state index contributed by atoms with van der Waals surface area (Å²) in [4.78, 5) is 22.4. The molecule has 0 atom stereocenters. The van der Waals surface area contributed by atoms with E-state index in [-0.39, 0.29) is 23.4 Å². The lowest BCUT2D eigenvalue weighted by Gasteiger charge is -2.08. The van der Waals surface area contributed by atoms with Crippen LogP contribution in [-0.2, 0) is 9.59 Å². The summed E-state index contributed by atoms with van der Waals surface area (Å²) in [7, 11) is 0. The lowest BCUT2D eigenvalue weighted by atomic mass is 10.2. The Balaban J connectivity index is 2.13. The van der Waals surface area contributed by atoms with Crippen LogP contribution in [0.15, 0.2) is 18.2 Å². The summed E-state index contributed by atoms with van der Waals surface area (Å²) in [5, 5.41) is 5.05. The number of rotatable bonds is 3. The van der Waals surface area contributed by atoms with Gasteiger partial charge in [0.2, 0.25) is 11.8 Å². The summed E-state index contributed by atoms with van der Waals surface area (Å²) >= 11 is 0. The summed E-state index contributed by atoms with van der Waals surface area (Å²) in [6.45, 7) is 1.37. The van der Waals surface area contributed by atoms with Gasteiger partial charge in [-0.3, -0.25) is 9.59 Å². The van der Waals surface area contributed by atoms with Gasteiger partial charge in [0.15, 0.2) is 0 Å². The van der Waals surface area contributed by atoms with Crippen molar-refractivity contribution < 1.29 is 14.0 Å². The molecule has 0 radical (unpaired) electrons. The number of anilines is 2. The molecular weight excluding hydrogens is 223 g/mol. The molecular formula is C12H13FN2O2. The molecule has 0 saturated heterocycles. The zero-order chi connectivity index (χ0) is 12.4. The maximum atomic E-state index is 13.4. The molecule has 1 aromatic rings. The molecule has 2 rings (SSSR count). The number of hydrogen-bond donors (Lipinski definition) is 2. The van der Waals surface area contributed by atoms with E-state index in [4.69, 9.17) is 0 Å². The largest absolute Gasteiger partial charge is 0.326 e. The maximum Gasteiger partial charge on any atom is 0.227 e. The number of carbonyl (C=O) groups excluding carboxylic acids is 2. The van der Waals surface area contributed by atoms with Crippen LogP contribution in [0, 0.1) is 11.7 Å². The second-order valence-corrected chi connectivity index (χ2v) is 4.14.